The average molecular weight is 275 g/mol. The number of hydrogen-bond acceptors (Lipinski definition) is 3. The number of benzene rings is 1. The molecule has 1 amide bonds. The summed E-state index contributed by atoms with van der Waals surface area (Å²) in [7, 11) is 2.04. The lowest BCUT2D eigenvalue weighted by Crippen LogP contribution is -2.39. The summed E-state index contributed by atoms with van der Waals surface area (Å²) >= 11 is 0. The van der Waals surface area contributed by atoms with Gasteiger partial charge in [-0.15, -0.1) is 0 Å². The number of nitrogen functional groups attached to an aromatic ring is 1. The van der Waals surface area contributed by atoms with Crippen LogP contribution in [-0.4, -0.2) is 30.4 Å². The van der Waals surface area contributed by atoms with Gasteiger partial charge in [0.15, 0.2) is 0 Å². The van der Waals surface area contributed by atoms with E-state index in [1.165, 1.54) is 32.1 Å². The lowest BCUT2D eigenvalue weighted by Gasteiger charge is -2.30. The van der Waals surface area contributed by atoms with Crippen LogP contribution in [0.3, 0.4) is 0 Å². The lowest BCUT2D eigenvalue weighted by atomic mass is 9.94. The number of hydrogen-bond donors (Lipinski definition) is 2. The number of carbonyl (C=O) groups is 1. The summed E-state index contributed by atoms with van der Waals surface area (Å²) in [6, 6.07) is 6.24. The number of nitrogens with one attached hydrogen (secondary N) is 1. The van der Waals surface area contributed by atoms with Crippen LogP contribution in [0.25, 0.3) is 0 Å². The topological polar surface area (TPSA) is 58.4 Å². The summed E-state index contributed by atoms with van der Waals surface area (Å²) in [4.78, 5) is 14.3. The van der Waals surface area contributed by atoms with Gasteiger partial charge in [0.05, 0.1) is 17.9 Å². The molecule has 1 aromatic carbocycles. The van der Waals surface area contributed by atoms with Crippen molar-refractivity contribution >= 4 is 17.3 Å². The largest absolute Gasteiger partial charge is 0.397 e. The van der Waals surface area contributed by atoms with Crippen molar-refractivity contribution in [2.45, 2.75) is 45.1 Å². The number of carbonyl (C=O) groups excluding carboxylic acids is 1. The predicted molar refractivity (Wildman–Crippen MR) is 83.7 cm³/mol. The smallest absolute Gasteiger partial charge is 0.238 e. The van der Waals surface area contributed by atoms with Crippen LogP contribution < -0.4 is 11.1 Å². The minimum absolute atomic E-state index is 0.00799. The van der Waals surface area contributed by atoms with Gasteiger partial charge in [0.2, 0.25) is 5.91 Å². The maximum Gasteiger partial charge on any atom is 0.238 e. The fourth-order valence-electron chi connectivity index (χ4n) is 2.86. The van der Waals surface area contributed by atoms with Gasteiger partial charge in [0, 0.05) is 6.04 Å². The first-order valence-corrected chi connectivity index (χ1v) is 7.42. The molecule has 1 saturated carbocycles. The van der Waals surface area contributed by atoms with Crippen LogP contribution in [0.2, 0.25) is 0 Å². The molecule has 1 aliphatic rings. The Bertz CT molecular complexity index is 467. The summed E-state index contributed by atoms with van der Waals surface area (Å²) in [6.07, 6.45) is 6.30. The fraction of sp³-hybridized carbons (Fsp3) is 0.562. The second kappa shape index (κ2) is 6.75. The first kappa shape index (κ1) is 14.9. The zero-order chi connectivity index (χ0) is 14.5. The Morgan fingerprint density at radius 2 is 2.05 bits per heavy atom. The molecule has 4 nitrogen and oxygen atoms in total. The van der Waals surface area contributed by atoms with Crippen molar-refractivity contribution < 1.29 is 4.79 Å². The molecular formula is C16H25N3O. The third kappa shape index (κ3) is 3.97. The van der Waals surface area contributed by atoms with Gasteiger partial charge in [-0.25, -0.2) is 0 Å². The Kier molecular flexibility index (Phi) is 5.01. The SMILES string of the molecule is Cc1ccc(NC(=O)CN(C)C2CCCCC2)c(N)c1. The first-order chi connectivity index (χ1) is 9.56. The van der Waals surface area contributed by atoms with Gasteiger partial charge < -0.3 is 11.1 Å². The number of anilines is 2. The third-order valence-electron chi connectivity index (χ3n) is 4.07. The van der Waals surface area contributed by atoms with E-state index >= 15 is 0 Å². The molecule has 0 radical (unpaired) electrons. The van der Waals surface area contributed by atoms with Gasteiger partial charge >= 0.3 is 0 Å². The van der Waals surface area contributed by atoms with Crippen molar-refractivity contribution in [3.63, 3.8) is 0 Å². The molecule has 0 spiro atoms. The fourth-order valence-corrected chi connectivity index (χ4v) is 2.86. The molecule has 1 fully saturated rings. The second-order valence-electron chi connectivity index (χ2n) is 5.85. The highest BCUT2D eigenvalue weighted by Gasteiger charge is 2.19. The Labute approximate surface area is 121 Å². The number of amides is 1. The van der Waals surface area contributed by atoms with E-state index < -0.39 is 0 Å². The van der Waals surface area contributed by atoms with Gasteiger partial charge in [0.25, 0.3) is 0 Å². The van der Waals surface area contributed by atoms with Crippen molar-refractivity contribution in [1.29, 1.82) is 0 Å². The summed E-state index contributed by atoms with van der Waals surface area (Å²) < 4.78 is 0. The molecular weight excluding hydrogens is 250 g/mol. The molecule has 0 unspecified atom stereocenters. The highest BCUT2D eigenvalue weighted by molar-refractivity contribution is 5.95. The van der Waals surface area contributed by atoms with Crippen LogP contribution in [0.4, 0.5) is 11.4 Å². The number of rotatable bonds is 4. The molecule has 2 rings (SSSR count). The molecule has 1 aromatic rings. The maximum atomic E-state index is 12.1. The summed E-state index contributed by atoms with van der Waals surface area (Å²) in [5, 5.41) is 2.90. The Hall–Kier alpha value is -1.55. The predicted octanol–water partition coefficient (Wildman–Crippen LogP) is 2.78. The molecule has 0 aliphatic heterocycles. The molecule has 1 aliphatic carbocycles. The van der Waals surface area contributed by atoms with E-state index in [4.69, 9.17) is 5.73 Å². The molecule has 20 heavy (non-hydrogen) atoms. The summed E-state index contributed by atoms with van der Waals surface area (Å²) in [6.45, 7) is 2.41. The minimum Gasteiger partial charge on any atom is -0.397 e. The standard InChI is InChI=1S/C16H25N3O/c1-12-8-9-15(14(17)10-12)18-16(20)11-19(2)13-6-4-3-5-7-13/h8-10,13H,3-7,11,17H2,1-2H3,(H,18,20). The number of nitrogens with zero attached hydrogens (tertiary/aromatic N) is 1. The highest BCUT2D eigenvalue weighted by atomic mass is 16.2. The quantitative estimate of drug-likeness (QED) is 0.831. The van der Waals surface area contributed by atoms with Crippen LogP contribution in [0.5, 0.6) is 0 Å². The van der Waals surface area contributed by atoms with Crippen molar-refractivity contribution in [1.82, 2.24) is 4.90 Å². The van der Waals surface area contributed by atoms with Crippen molar-refractivity contribution in [3.8, 4) is 0 Å². The zero-order valence-electron chi connectivity index (χ0n) is 12.5. The van der Waals surface area contributed by atoms with E-state index in [1.807, 2.05) is 32.2 Å². The van der Waals surface area contributed by atoms with Crippen molar-refractivity contribution in [2.24, 2.45) is 0 Å². The normalized spacial score (nSPS) is 16.4. The van der Waals surface area contributed by atoms with E-state index in [1.54, 1.807) is 0 Å². The Balaban J connectivity index is 1.88. The third-order valence-corrected chi connectivity index (χ3v) is 4.07. The second-order valence-corrected chi connectivity index (χ2v) is 5.85. The monoisotopic (exact) mass is 275 g/mol. The Morgan fingerprint density at radius 1 is 1.35 bits per heavy atom. The van der Waals surface area contributed by atoms with Crippen LogP contribution >= 0.6 is 0 Å². The molecule has 3 N–H and O–H groups in total. The number of aryl methyl sites for hydroxylation is 1. The van der Waals surface area contributed by atoms with Crippen LogP contribution in [-0.2, 0) is 4.79 Å². The molecule has 4 heteroatoms. The molecule has 0 saturated heterocycles. The van der Waals surface area contributed by atoms with Gasteiger partial charge in [-0.05, 0) is 44.5 Å². The van der Waals surface area contributed by atoms with E-state index in [9.17, 15) is 4.79 Å². The van der Waals surface area contributed by atoms with Gasteiger partial charge in [-0.2, -0.15) is 0 Å². The van der Waals surface area contributed by atoms with E-state index in [-0.39, 0.29) is 5.91 Å². The van der Waals surface area contributed by atoms with Crippen molar-refractivity contribution in [3.05, 3.63) is 23.8 Å². The van der Waals surface area contributed by atoms with Gasteiger partial charge in [-0.1, -0.05) is 25.3 Å². The molecule has 0 atom stereocenters. The Morgan fingerprint density at radius 3 is 2.70 bits per heavy atom. The minimum atomic E-state index is 0.00799. The van der Waals surface area contributed by atoms with Gasteiger partial charge in [-0.3, -0.25) is 9.69 Å². The number of nitrogens with two attached hydrogens (primary N) is 1. The number of likely N-dealkylation sites (N-methyl/N-ethyl adjacent to an activating group) is 1. The average Bonchev–Trinajstić information content (AvgIpc) is 2.43. The summed E-state index contributed by atoms with van der Waals surface area (Å²) in [5.41, 5.74) is 8.34. The zero-order valence-corrected chi connectivity index (χ0v) is 12.5. The van der Waals surface area contributed by atoms with Crippen LogP contribution in [0, 0.1) is 6.92 Å². The van der Waals surface area contributed by atoms with Crippen LogP contribution in [0.1, 0.15) is 37.7 Å². The molecule has 110 valence electrons. The van der Waals surface area contributed by atoms with E-state index in [0.29, 0.717) is 24.0 Å². The summed E-state index contributed by atoms with van der Waals surface area (Å²) in [5.74, 6) is 0.00799. The molecule has 0 aromatic heterocycles. The first-order valence-electron chi connectivity index (χ1n) is 7.42. The van der Waals surface area contributed by atoms with E-state index in [0.717, 1.165) is 5.56 Å². The molecule has 0 heterocycles. The maximum absolute atomic E-state index is 12.1. The molecule has 0 bridgehead atoms. The van der Waals surface area contributed by atoms with Crippen molar-refractivity contribution in [2.75, 3.05) is 24.6 Å². The highest BCUT2D eigenvalue weighted by Crippen LogP contribution is 2.22. The van der Waals surface area contributed by atoms with Gasteiger partial charge in [0.1, 0.15) is 0 Å². The lowest BCUT2D eigenvalue weighted by molar-refractivity contribution is -0.117. The van der Waals surface area contributed by atoms with Crippen LogP contribution in [0.15, 0.2) is 18.2 Å². The van der Waals surface area contributed by atoms with E-state index in [2.05, 4.69) is 10.2 Å².